The number of hydrogen-bond donors (Lipinski definition) is 1. The summed E-state index contributed by atoms with van der Waals surface area (Å²) in [5.74, 6) is 5.24. The summed E-state index contributed by atoms with van der Waals surface area (Å²) < 4.78 is 25.5. The van der Waals surface area contributed by atoms with Crippen molar-refractivity contribution in [3.63, 3.8) is 0 Å². The minimum absolute atomic E-state index is 0.125. The molecular formula is C17H22FNO2. The Morgan fingerprint density at radius 3 is 2.67 bits per heavy atom. The molecule has 1 aliphatic rings. The molecule has 1 aromatic rings. The van der Waals surface area contributed by atoms with E-state index in [0.29, 0.717) is 11.1 Å². The maximum Gasteiger partial charge on any atom is 0.129 e. The van der Waals surface area contributed by atoms with Crippen molar-refractivity contribution >= 4 is 0 Å². The summed E-state index contributed by atoms with van der Waals surface area (Å²) >= 11 is 0. The summed E-state index contributed by atoms with van der Waals surface area (Å²) in [6, 6.07) is 4.94. The van der Waals surface area contributed by atoms with Gasteiger partial charge in [0.1, 0.15) is 5.82 Å². The van der Waals surface area contributed by atoms with Crippen LogP contribution in [0.15, 0.2) is 18.2 Å². The summed E-state index contributed by atoms with van der Waals surface area (Å²) in [6.07, 6.45) is 2.22. The van der Waals surface area contributed by atoms with Gasteiger partial charge in [0.2, 0.25) is 0 Å². The number of benzene rings is 1. The van der Waals surface area contributed by atoms with Gasteiger partial charge >= 0.3 is 0 Å². The molecule has 0 radical (unpaired) electrons. The van der Waals surface area contributed by atoms with Crippen molar-refractivity contribution in [1.29, 1.82) is 0 Å². The van der Waals surface area contributed by atoms with Crippen LogP contribution in [-0.2, 0) is 16.1 Å². The van der Waals surface area contributed by atoms with Crippen LogP contribution in [0.4, 0.5) is 4.39 Å². The smallest absolute Gasteiger partial charge is 0.129 e. The zero-order chi connectivity index (χ0) is 15.2. The molecule has 1 saturated heterocycles. The number of nitrogens with two attached hydrogens (primary N) is 1. The van der Waals surface area contributed by atoms with E-state index < -0.39 is 0 Å². The predicted octanol–water partition coefficient (Wildman–Crippen LogP) is 2.61. The zero-order valence-corrected chi connectivity index (χ0v) is 12.6. The fourth-order valence-corrected chi connectivity index (χ4v) is 2.58. The molecule has 2 rings (SSSR count). The van der Waals surface area contributed by atoms with Crippen molar-refractivity contribution in [1.82, 2.24) is 0 Å². The lowest BCUT2D eigenvalue weighted by Gasteiger charge is -2.32. The molecule has 4 heteroatoms. The van der Waals surface area contributed by atoms with Crippen molar-refractivity contribution in [2.75, 3.05) is 6.54 Å². The van der Waals surface area contributed by atoms with E-state index in [1.807, 2.05) is 13.8 Å². The Bertz CT molecular complexity index is 525. The van der Waals surface area contributed by atoms with Gasteiger partial charge in [-0.25, -0.2) is 4.39 Å². The van der Waals surface area contributed by atoms with E-state index in [2.05, 4.69) is 11.8 Å². The molecule has 0 bridgehead atoms. The van der Waals surface area contributed by atoms with Gasteiger partial charge in [-0.1, -0.05) is 17.9 Å². The van der Waals surface area contributed by atoms with E-state index in [9.17, 15) is 4.39 Å². The van der Waals surface area contributed by atoms with Gasteiger partial charge in [0.05, 0.1) is 31.5 Å². The summed E-state index contributed by atoms with van der Waals surface area (Å²) in [5, 5.41) is 0. The molecule has 2 N–H and O–H groups in total. The van der Waals surface area contributed by atoms with Crippen LogP contribution in [0.25, 0.3) is 0 Å². The SMILES string of the molecule is CC1CC(OCc2ccc(C#CCN)cc2F)CC(C)O1. The first kappa shape index (κ1) is 16.0. The van der Waals surface area contributed by atoms with Crippen LogP contribution in [0.1, 0.15) is 37.8 Å². The highest BCUT2D eigenvalue weighted by atomic mass is 19.1. The minimum atomic E-state index is -0.285. The zero-order valence-electron chi connectivity index (χ0n) is 12.6. The van der Waals surface area contributed by atoms with E-state index in [4.69, 9.17) is 15.2 Å². The molecule has 2 atom stereocenters. The van der Waals surface area contributed by atoms with Gasteiger partial charge in [-0.3, -0.25) is 0 Å². The van der Waals surface area contributed by atoms with Gasteiger partial charge in [-0.05, 0) is 38.8 Å². The Morgan fingerprint density at radius 2 is 2.05 bits per heavy atom. The summed E-state index contributed by atoms with van der Waals surface area (Å²) in [6.45, 7) is 4.63. The van der Waals surface area contributed by atoms with Crippen LogP contribution in [0.2, 0.25) is 0 Å². The highest BCUT2D eigenvalue weighted by Crippen LogP contribution is 2.23. The number of rotatable bonds is 3. The molecule has 0 amide bonds. The molecule has 114 valence electrons. The lowest BCUT2D eigenvalue weighted by molar-refractivity contribution is -0.106. The molecule has 0 aliphatic carbocycles. The summed E-state index contributed by atoms with van der Waals surface area (Å²) in [4.78, 5) is 0. The summed E-state index contributed by atoms with van der Waals surface area (Å²) in [5.41, 5.74) is 6.49. The third-order valence-electron chi connectivity index (χ3n) is 3.52. The van der Waals surface area contributed by atoms with Gasteiger partial charge in [-0.2, -0.15) is 0 Å². The molecule has 3 nitrogen and oxygen atoms in total. The average molecular weight is 291 g/mol. The second kappa shape index (κ2) is 7.56. The molecule has 0 spiro atoms. The highest BCUT2D eigenvalue weighted by molar-refractivity contribution is 5.37. The van der Waals surface area contributed by atoms with Crippen LogP contribution in [0.3, 0.4) is 0 Å². The second-order valence-electron chi connectivity index (χ2n) is 5.47. The second-order valence-corrected chi connectivity index (χ2v) is 5.47. The fourth-order valence-electron chi connectivity index (χ4n) is 2.58. The quantitative estimate of drug-likeness (QED) is 0.871. The van der Waals surface area contributed by atoms with Gasteiger partial charge in [0, 0.05) is 11.1 Å². The van der Waals surface area contributed by atoms with Gasteiger partial charge < -0.3 is 15.2 Å². The number of hydrogen-bond acceptors (Lipinski definition) is 3. The molecule has 21 heavy (non-hydrogen) atoms. The molecule has 1 aromatic carbocycles. The van der Waals surface area contributed by atoms with E-state index >= 15 is 0 Å². The Morgan fingerprint density at radius 1 is 1.33 bits per heavy atom. The maximum atomic E-state index is 14.0. The van der Waals surface area contributed by atoms with Crippen molar-refractivity contribution in [3.8, 4) is 11.8 Å². The van der Waals surface area contributed by atoms with Crippen molar-refractivity contribution < 1.29 is 13.9 Å². The third-order valence-corrected chi connectivity index (χ3v) is 3.52. The Labute approximate surface area is 125 Å². The highest BCUT2D eigenvalue weighted by Gasteiger charge is 2.25. The molecule has 0 aromatic heterocycles. The maximum absolute atomic E-state index is 14.0. The van der Waals surface area contributed by atoms with Crippen LogP contribution < -0.4 is 5.73 Å². The van der Waals surface area contributed by atoms with Crippen molar-refractivity contribution in [3.05, 3.63) is 35.1 Å². The molecule has 1 fully saturated rings. The van der Waals surface area contributed by atoms with Crippen LogP contribution in [0, 0.1) is 17.7 Å². The van der Waals surface area contributed by atoms with E-state index in [1.165, 1.54) is 6.07 Å². The fraction of sp³-hybridized carbons (Fsp3) is 0.529. The lowest BCUT2D eigenvalue weighted by atomic mass is 10.0. The van der Waals surface area contributed by atoms with Crippen LogP contribution in [0.5, 0.6) is 0 Å². The van der Waals surface area contributed by atoms with Gasteiger partial charge in [-0.15, -0.1) is 0 Å². The average Bonchev–Trinajstić information content (AvgIpc) is 2.43. The Kier molecular flexibility index (Phi) is 5.75. The van der Waals surface area contributed by atoms with Crippen LogP contribution in [-0.4, -0.2) is 24.9 Å². The van der Waals surface area contributed by atoms with Gasteiger partial charge in [0.25, 0.3) is 0 Å². The van der Waals surface area contributed by atoms with E-state index in [0.717, 1.165) is 12.8 Å². The molecule has 0 saturated carbocycles. The monoisotopic (exact) mass is 291 g/mol. The largest absolute Gasteiger partial charge is 0.375 e. The van der Waals surface area contributed by atoms with Crippen LogP contribution >= 0.6 is 0 Å². The van der Waals surface area contributed by atoms with Gasteiger partial charge in [0.15, 0.2) is 0 Å². The predicted molar refractivity (Wildman–Crippen MR) is 80.2 cm³/mol. The van der Waals surface area contributed by atoms with E-state index in [1.54, 1.807) is 12.1 Å². The molecular weight excluding hydrogens is 269 g/mol. The third kappa shape index (κ3) is 4.82. The molecule has 1 aliphatic heterocycles. The Balaban J connectivity index is 1.94. The normalized spacial score (nSPS) is 25.2. The number of ether oxygens (including phenoxy) is 2. The first-order valence-corrected chi connectivity index (χ1v) is 7.33. The Hall–Kier alpha value is -1.41. The first-order valence-electron chi connectivity index (χ1n) is 7.33. The first-order chi connectivity index (χ1) is 10.1. The topological polar surface area (TPSA) is 44.5 Å². The van der Waals surface area contributed by atoms with Crippen molar-refractivity contribution in [2.24, 2.45) is 5.73 Å². The lowest BCUT2D eigenvalue weighted by Crippen LogP contribution is -2.34. The summed E-state index contributed by atoms with van der Waals surface area (Å²) in [7, 11) is 0. The van der Waals surface area contributed by atoms with E-state index in [-0.39, 0.29) is 37.3 Å². The minimum Gasteiger partial charge on any atom is -0.375 e. The molecule has 1 heterocycles. The van der Waals surface area contributed by atoms with Crippen molar-refractivity contribution in [2.45, 2.75) is 51.6 Å². The standard InChI is InChI=1S/C17H22FNO2/c1-12-8-16(9-13(2)21-12)20-11-15-6-5-14(4-3-7-19)10-17(15)18/h5-6,10,12-13,16H,7-9,11,19H2,1-2H3. The molecule has 2 unspecified atom stereocenters. The number of halogens is 1.